The first-order chi connectivity index (χ1) is 19.2. The van der Waals surface area contributed by atoms with E-state index in [1.165, 1.54) is 11.9 Å². The summed E-state index contributed by atoms with van der Waals surface area (Å²) in [5.74, 6) is -0.578. The molecule has 0 atom stereocenters. The highest BCUT2D eigenvalue weighted by molar-refractivity contribution is 7.97. The fourth-order valence-corrected chi connectivity index (χ4v) is 5.42. The number of carbonyl (C=O) groups excluding carboxylic acids is 2. The molecule has 0 bridgehead atoms. The largest absolute Gasteiger partial charge is 0.382 e. The molecule has 8 N–H and O–H groups in total. The molecule has 15 heteroatoms. The Balaban J connectivity index is 1.14. The van der Waals surface area contributed by atoms with Crippen molar-refractivity contribution in [3.63, 3.8) is 0 Å². The van der Waals surface area contributed by atoms with Crippen LogP contribution in [0, 0.1) is 0 Å². The van der Waals surface area contributed by atoms with E-state index in [-0.39, 0.29) is 33.9 Å². The van der Waals surface area contributed by atoms with Gasteiger partial charge in [-0.1, -0.05) is 17.7 Å². The summed E-state index contributed by atoms with van der Waals surface area (Å²) in [6.45, 7) is 5.04. The molecule has 5 rings (SSSR count). The van der Waals surface area contributed by atoms with Gasteiger partial charge in [-0.2, -0.15) is 4.99 Å². The molecule has 210 valence electrons. The number of aromatic nitrogens is 2. The van der Waals surface area contributed by atoms with Crippen molar-refractivity contribution in [3.8, 4) is 0 Å². The van der Waals surface area contributed by atoms with E-state index in [1.54, 1.807) is 0 Å². The fourth-order valence-electron chi connectivity index (χ4n) is 4.56. The van der Waals surface area contributed by atoms with Gasteiger partial charge in [-0.05, 0) is 49.9 Å². The fraction of sp³-hybridized carbons (Fsp3) is 0.360. The molecule has 0 unspecified atom stereocenters. The van der Waals surface area contributed by atoms with Gasteiger partial charge in [0.1, 0.15) is 0 Å². The van der Waals surface area contributed by atoms with Gasteiger partial charge in [0.2, 0.25) is 0 Å². The number of nitrogen functional groups attached to an aromatic ring is 2. The number of benzene rings is 1. The average Bonchev–Trinajstić information content (AvgIpc) is 3.33. The monoisotopic (exact) mass is 583 g/mol. The Hall–Kier alpha value is -3.88. The van der Waals surface area contributed by atoms with E-state index >= 15 is 0 Å². The van der Waals surface area contributed by atoms with Crippen LogP contribution in [0.2, 0.25) is 5.15 Å². The Morgan fingerprint density at radius 1 is 1.20 bits per heavy atom. The van der Waals surface area contributed by atoms with E-state index in [4.69, 9.17) is 23.1 Å². The third-order valence-corrected chi connectivity index (χ3v) is 7.92. The van der Waals surface area contributed by atoms with Crippen molar-refractivity contribution in [3.05, 3.63) is 52.6 Å². The van der Waals surface area contributed by atoms with Crippen LogP contribution in [-0.2, 0) is 0 Å². The van der Waals surface area contributed by atoms with Crippen LogP contribution in [0.1, 0.15) is 40.6 Å². The van der Waals surface area contributed by atoms with E-state index in [0.717, 1.165) is 22.8 Å². The molecular weight excluding hydrogens is 554 g/mol. The molecule has 2 fully saturated rings. The number of hydrogen-bond acceptors (Lipinski definition) is 10. The quantitative estimate of drug-likeness (QED) is 0.268. The third kappa shape index (κ3) is 6.29. The maximum atomic E-state index is 13.3. The number of likely N-dealkylation sites (tertiary alicyclic amines) is 1. The highest BCUT2D eigenvalue weighted by Gasteiger charge is 2.41. The van der Waals surface area contributed by atoms with E-state index in [0.29, 0.717) is 50.5 Å². The molecule has 3 aliphatic rings. The smallest absolute Gasteiger partial charge is 0.302 e. The summed E-state index contributed by atoms with van der Waals surface area (Å²) < 4.78 is 3.32. The molecule has 2 amide bonds. The average molecular weight is 584 g/mol. The predicted octanol–water partition coefficient (Wildman–Crippen LogP) is 1.16. The van der Waals surface area contributed by atoms with Gasteiger partial charge in [-0.15, -0.1) is 0 Å². The summed E-state index contributed by atoms with van der Waals surface area (Å²) in [5.41, 5.74) is 13.6. The lowest BCUT2D eigenvalue weighted by Crippen LogP contribution is -2.53. The van der Waals surface area contributed by atoms with Crippen molar-refractivity contribution in [1.29, 1.82) is 0 Å². The summed E-state index contributed by atoms with van der Waals surface area (Å²) in [5, 5.41) is 9.61. The number of piperidine rings is 1. The first-order valence-corrected chi connectivity index (χ1v) is 13.9. The molecule has 13 nitrogen and oxygen atoms in total. The highest BCUT2D eigenvalue weighted by Crippen LogP contribution is 2.26. The normalized spacial score (nSPS) is 18.9. The maximum absolute atomic E-state index is 13.3. The highest BCUT2D eigenvalue weighted by atomic mass is 35.5. The molecule has 1 spiro atoms. The Kier molecular flexibility index (Phi) is 8.09. The predicted molar refractivity (Wildman–Crippen MR) is 156 cm³/mol. The number of amides is 2. The number of halogens is 1. The van der Waals surface area contributed by atoms with Crippen LogP contribution in [0.5, 0.6) is 0 Å². The lowest BCUT2D eigenvalue weighted by Gasteiger charge is -2.38. The van der Waals surface area contributed by atoms with Crippen molar-refractivity contribution in [2.75, 3.05) is 44.2 Å². The second-order valence-electron chi connectivity index (χ2n) is 9.76. The zero-order chi connectivity index (χ0) is 28.3. The number of nitrogens with two attached hydrogens (primary N) is 2. The van der Waals surface area contributed by atoms with Crippen molar-refractivity contribution >= 4 is 58.7 Å². The first kappa shape index (κ1) is 27.7. The minimum absolute atomic E-state index is 0.0110. The van der Waals surface area contributed by atoms with Crippen LogP contribution in [0.3, 0.4) is 0 Å². The van der Waals surface area contributed by atoms with Crippen LogP contribution < -0.4 is 32.1 Å². The topological polar surface area (TPSA) is 188 Å². The van der Waals surface area contributed by atoms with Crippen LogP contribution in [0.25, 0.3) is 0 Å². The molecular formula is C25H30ClN11O2S. The molecule has 0 saturated carbocycles. The molecule has 2 aromatic rings. The van der Waals surface area contributed by atoms with Crippen molar-refractivity contribution in [1.82, 2.24) is 35.5 Å². The summed E-state index contributed by atoms with van der Waals surface area (Å²) in [7, 11) is 0. The summed E-state index contributed by atoms with van der Waals surface area (Å²) in [6.07, 6.45) is 3.20. The van der Waals surface area contributed by atoms with E-state index in [2.05, 4.69) is 40.6 Å². The van der Waals surface area contributed by atoms with Gasteiger partial charge in [-0.3, -0.25) is 19.3 Å². The number of aliphatic imine (C=N–C) groups is 2. The van der Waals surface area contributed by atoms with Gasteiger partial charge in [0, 0.05) is 48.5 Å². The van der Waals surface area contributed by atoms with Gasteiger partial charge in [0.05, 0.1) is 17.8 Å². The number of hydrogen-bond donors (Lipinski definition) is 6. The first-order valence-electron chi connectivity index (χ1n) is 12.7. The Morgan fingerprint density at radius 3 is 2.75 bits per heavy atom. The zero-order valence-electron chi connectivity index (χ0n) is 21.8. The summed E-state index contributed by atoms with van der Waals surface area (Å²) >= 11 is 7.36. The maximum Gasteiger partial charge on any atom is 0.302 e. The molecule has 40 heavy (non-hydrogen) atoms. The SMILES string of the molecule is CC1=CN=C(CNSc2cccc(C(=O)N3CCC4(CC3)CN/C(=N\C(=O)c3nc(Cl)c(N)nc3N)N4)c2)CN1. The van der Waals surface area contributed by atoms with Crippen LogP contribution in [-0.4, -0.2) is 76.6 Å². The molecule has 3 aliphatic heterocycles. The van der Waals surface area contributed by atoms with Gasteiger partial charge in [0.25, 0.3) is 5.91 Å². The molecule has 1 aromatic carbocycles. The molecule has 1 aromatic heterocycles. The van der Waals surface area contributed by atoms with Gasteiger partial charge < -0.3 is 32.3 Å². The third-order valence-electron chi connectivity index (χ3n) is 6.87. The van der Waals surface area contributed by atoms with Gasteiger partial charge >= 0.3 is 5.91 Å². The summed E-state index contributed by atoms with van der Waals surface area (Å²) in [4.78, 5) is 44.9. The summed E-state index contributed by atoms with van der Waals surface area (Å²) in [6, 6.07) is 7.60. The standard InChI is InChI=1S/C25H30ClN11O2S/c1-14-10-30-16(11-29-14)12-32-40-17-4-2-3-15(9-17)23(39)37-7-5-25(6-8-37)13-31-24(36-25)35-22(38)18-20(27)34-21(28)19(26)33-18/h2-4,9-10,29,32H,5-8,11-13H2,1H3,(H4,27,28,34)(H2,31,35,36,38). The van der Waals surface area contributed by atoms with Crippen molar-refractivity contribution in [2.24, 2.45) is 9.98 Å². The number of guanidine groups is 1. The Morgan fingerprint density at radius 2 is 2.00 bits per heavy atom. The van der Waals surface area contributed by atoms with E-state index < -0.39 is 5.91 Å². The van der Waals surface area contributed by atoms with E-state index in [1.807, 2.05) is 42.3 Å². The Labute approximate surface area is 240 Å². The number of rotatable bonds is 6. The van der Waals surface area contributed by atoms with Gasteiger partial charge in [-0.25, -0.2) is 9.97 Å². The zero-order valence-corrected chi connectivity index (χ0v) is 23.4. The van der Waals surface area contributed by atoms with Crippen molar-refractivity contribution < 1.29 is 9.59 Å². The van der Waals surface area contributed by atoms with Crippen LogP contribution in [0.15, 0.2) is 51.0 Å². The second kappa shape index (κ2) is 11.7. The number of carbonyl (C=O) groups is 2. The van der Waals surface area contributed by atoms with Crippen molar-refractivity contribution in [2.45, 2.75) is 30.2 Å². The number of anilines is 2. The van der Waals surface area contributed by atoms with Crippen LogP contribution >= 0.6 is 23.5 Å². The number of allylic oxidation sites excluding steroid dienone is 1. The Bertz CT molecular complexity index is 1420. The molecule has 4 heterocycles. The number of nitrogens with zero attached hydrogens (tertiary/aromatic N) is 5. The van der Waals surface area contributed by atoms with Gasteiger partial charge in [0.15, 0.2) is 28.4 Å². The minimum Gasteiger partial charge on any atom is -0.382 e. The lowest BCUT2D eigenvalue weighted by atomic mass is 9.88. The molecule has 0 radical (unpaired) electrons. The number of nitrogens with one attached hydrogen (secondary N) is 4. The molecule has 2 saturated heterocycles. The van der Waals surface area contributed by atoms with Crippen LogP contribution in [0.4, 0.5) is 11.6 Å². The molecule has 0 aliphatic carbocycles. The minimum atomic E-state index is -0.686. The lowest BCUT2D eigenvalue weighted by molar-refractivity contribution is 0.0668. The van der Waals surface area contributed by atoms with E-state index in [9.17, 15) is 9.59 Å². The second-order valence-corrected chi connectivity index (χ2v) is 11.1.